The lowest BCUT2D eigenvalue weighted by Crippen LogP contribution is -2.44. The maximum Gasteiger partial charge on any atom is 0.416 e. The van der Waals surface area contributed by atoms with Crippen LogP contribution in [0.4, 0.5) is 36.8 Å². The van der Waals surface area contributed by atoms with Gasteiger partial charge in [-0.15, -0.1) is 0 Å². The number of halogens is 6. The summed E-state index contributed by atoms with van der Waals surface area (Å²) in [6, 6.07) is 9.66. The number of aromatic nitrogens is 2. The highest BCUT2D eigenvalue weighted by Crippen LogP contribution is 2.42. The Morgan fingerprint density at radius 3 is 2.42 bits per heavy atom. The topological polar surface area (TPSA) is 97.0 Å². The van der Waals surface area contributed by atoms with Gasteiger partial charge in [0.1, 0.15) is 22.8 Å². The molecule has 3 amide bonds. The summed E-state index contributed by atoms with van der Waals surface area (Å²) in [6.07, 6.45) is -7.98. The molecule has 2 aliphatic rings. The van der Waals surface area contributed by atoms with Gasteiger partial charge >= 0.3 is 18.4 Å². The smallest absolute Gasteiger partial charge is 0.416 e. The van der Waals surface area contributed by atoms with Crippen molar-refractivity contribution in [2.45, 2.75) is 31.4 Å². The van der Waals surface area contributed by atoms with Crippen LogP contribution in [0.15, 0.2) is 54.7 Å². The maximum atomic E-state index is 14.3. The largest absolute Gasteiger partial charge is 0.457 e. The fourth-order valence-corrected chi connectivity index (χ4v) is 6.23. The van der Waals surface area contributed by atoms with Gasteiger partial charge in [0.15, 0.2) is 0 Å². The summed E-state index contributed by atoms with van der Waals surface area (Å²) in [5.74, 6) is -1.87. The molecule has 16 heteroatoms. The predicted octanol–water partition coefficient (Wildman–Crippen LogP) is 6.52. The second-order valence-electron chi connectivity index (χ2n) is 12.8. The Kier molecular flexibility index (Phi) is 9.43. The van der Waals surface area contributed by atoms with Crippen LogP contribution >= 0.6 is 0 Å². The summed E-state index contributed by atoms with van der Waals surface area (Å²) >= 11 is 0. The number of H-pyrrole nitrogens is 1. The number of benzene rings is 2. The van der Waals surface area contributed by atoms with Crippen LogP contribution in [0, 0.1) is 0 Å². The Morgan fingerprint density at radius 2 is 1.74 bits per heavy atom. The first-order valence-corrected chi connectivity index (χ1v) is 15.8. The highest BCUT2D eigenvalue weighted by molar-refractivity contribution is 5.98. The molecule has 0 aliphatic carbocycles. The highest BCUT2D eigenvalue weighted by atomic mass is 19.4. The molecule has 0 spiro atoms. The summed E-state index contributed by atoms with van der Waals surface area (Å²) in [5.41, 5.74) is -0.305. The Bertz CT molecular complexity index is 1900. The number of likely N-dealkylation sites (N-methyl/N-ethyl adjacent to an activating group) is 1. The van der Waals surface area contributed by atoms with Gasteiger partial charge in [-0.25, -0.2) is 9.78 Å². The number of amides is 3. The lowest BCUT2D eigenvalue weighted by Gasteiger charge is -2.36. The Morgan fingerprint density at radius 1 is 1.00 bits per heavy atom. The van der Waals surface area contributed by atoms with Gasteiger partial charge < -0.3 is 29.7 Å². The van der Waals surface area contributed by atoms with Gasteiger partial charge in [0.05, 0.1) is 16.9 Å². The molecule has 6 rings (SSSR count). The van der Waals surface area contributed by atoms with Crippen LogP contribution in [0.2, 0.25) is 0 Å². The van der Waals surface area contributed by atoms with Crippen LogP contribution in [0.25, 0.3) is 11.0 Å². The number of carbonyl (C=O) groups is 2. The lowest BCUT2D eigenvalue weighted by atomic mass is 9.89. The van der Waals surface area contributed by atoms with E-state index in [2.05, 4.69) is 20.2 Å². The number of fused-ring (bicyclic) bond motifs is 2. The zero-order valence-corrected chi connectivity index (χ0v) is 27.5. The van der Waals surface area contributed by atoms with E-state index < -0.39 is 36.4 Å². The average Bonchev–Trinajstić information content (AvgIpc) is 3.50. The maximum absolute atomic E-state index is 14.3. The van der Waals surface area contributed by atoms with E-state index in [9.17, 15) is 35.9 Å². The van der Waals surface area contributed by atoms with Gasteiger partial charge in [0.25, 0.3) is 5.91 Å². The minimum atomic E-state index is -4.72. The zero-order valence-electron chi connectivity index (χ0n) is 27.5. The van der Waals surface area contributed by atoms with E-state index in [4.69, 9.17) is 4.74 Å². The molecule has 1 atom stereocenters. The quantitative estimate of drug-likeness (QED) is 0.222. The van der Waals surface area contributed by atoms with Gasteiger partial charge in [-0.2, -0.15) is 26.3 Å². The summed E-state index contributed by atoms with van der Waals surface area (Å²) in [4.78, 5) is 39.3. The number of carbonyl (C=O) groups excluding carboxylic acids is 2. The second-order valence-corrected chi connectivity index (χ2v) is 12.8. The number of rotatable bonds is 6. The molecule has 50 heavy (non-hydrogen) atoms. The lowest BCUT2D eigenvalue weighted by molar-refractivity contribution is -0.155. The molecule has 4 aromatic rings. The predicted molar refractivity (Wildman–Crippen MR) is 173 cm³/mol. The molecule has 2 aromatic heterocycles. The molecule has 10 nitrogen and oxygen atoms in total. The number of urea groups is 1. The summed E-state index contributed by atoms with van der Waals surface area (Å²) in [5, 5.41) is 2.85. The number of hydrogen-bond donors (Lipinski definition) is 2. The molecule has 0 bridgehead atoms. The van der Waals surface area contributed by atoms with Crippen LogP contribution in [0.3, 0.4) is 0 Å². The van der Waals surface area contributed by atoms with Crippen LogP contribution in [-0.2, 0) is 19.3 Å². The van der Waals surface area contributed by atoms with Crippen molar-refractivity contribution >= 4 is 28.7 Å². The molecule has 2 aliphatic heterocycles. The summed E-state index contributed by atoms with van der Waals surface area (Å²) < 4.78 is 91.3. The number of ether oxygens (including phenoxy) is 1. The normalized spacial score (nSPS) is 17.5. The molecule has 0 radical (unpaired) electrons. The van der Waals surface area contributed by atoms with Crippen molar-refractivity contribution in [2.24, 2.45) is 0 Å². The van der Waals surface area contributed by atoms with Crippen molar-refractivity contribution in [3.8, 4) is 11.5 Å². The van der Waals surface area contributed by atoms with E-state index in [-0.39, 0.29) is 52.8 Å². The molecular weight excluding hydrogens is 668 g/mol. The molecule has 0 saturated carbocycles. The monoisotopic (exact) mass is 703 g/mol. The minimum absolute atomic E-state index is 0.0399. The van der Waals surface area contributed by atoms with E-state index in [1.54, 1.807) is 26.2 Å². The SMILES string of the molecule is CN1CCN(Cc2ccc(NC(=O)N3Cc4cc(Oc5ccnc6[nH]c(C(=O)N(C)C)cc56)ccc4C(C(F)(F)F)C3)cc2C(F)(F)F)CC1. The van der Waals surface area contributed by atoms with Crippen molar-refractivity contribution < 1.29 is 40.7 Å². The fourth-order valence-electron chi connectivity index (χ4n) is 6.23. The molecule has 1 fully saturated rings. The first kappa shape index (κ1) is 35.0. The third-order valence-corrected chi connectivity index (χ3v) is 8.95. The van der Waals surface area contributed by atoms with Gasteiger partial charge in [0.2, 0.25) is 0 Å². The number of nitrogens with zero attached hydrogens (tertiary/aromatic N) is 5. The van der Waals surface area contributed by atoms with Crippen LogP contribution in [0.5, 0.6) is 11.5 Å². The number of pyridine rings is 1. The fraction of sp³-hybridized carbons (Fsp3) is 0.382. The van der Waals surface area contributed by atoms with E-state index in [1.807, 2.05) is 11.9 Å². The van der Waals surface area contributed by atoms with Crippen LogP contribution < -0.4 is 10.1 Å². The second kappa shape index (κ2) is 13.5. The van der Waals surface area contributed by atoms with Crippen molar-refractivity contribution in [1.29, 1.82) is 0 Å². The number of piperazine rings is 1. The van der Waals surface area contributed by atoms with E-state index in [1.165, 1.54) is 41.4 Å². The third kappa shape index (κ3) is 7.50. The van der Waals surface area contributed by atoms with Crippen molar-refractivity contribution in [2.75, 3.05) is 59.2 Å². The standard InChI is InChI=1S/C34H35F6N7O3/c1-44(2)31(48)28-16-25-29(8-9-41-30(25)43-28)50-23-6-7-24-21(14-23)18-47(19-27(24)34(38,39)40)32(49)42-22-5-4-20(26(15-22)33(35,36)37)17-46-12-10-45(3)11-13-46/h4-9,14-16,27H,10-13,17-19H2,1-3H3,(H,41,43)(H,42,49). The number of alkyl halides is 6. The summed E-state index contributed by atoms with van der Waals surface area (Å²) in [7, 11) is 5.13. The van der Waals surface area contributed by atoms with Crippen LogP contribution in [0.1, 0.15) is 38.7 Å². The average molecular weight is 704 g/mol. The molecule has 2 aromatic carbocycles. The molecule has 4 heterocycles. The Labute approximate surface area is 283 Å². The van der Waals surface area contributed by atoms with Crippen molar-refractivity contribution in [3.05, 3.63) is 82.7 Å². The number of anilines is 1. The van der Waals surface area contributed by atoms with Gasteiger partial charge in [-0.05, 0) is 60.1 Å². The van der Waals surface area contributed by atoms with Crippen LogP contribution in [-0.4, -0.2) is 102 Å². The zero-order chi connectivity index (χ0) is 36.0. The van der Waals surface area contributed by atoms with E-state index in [0.717, 1.165) is 24.1 Å². The first-order valence-electron chi connectivity index (χ1n) is 15.8. The third-order valence-electron chi connectivity index (χ3n) is 8.95. The minimum Gasteiger partial charge on any atom is -0.457 e. The van der Waals surface area contributed by atoms with Gasteiger partial charge in [-0.1, -0.05) is 12.1 Å². The number of nitrogens with one attached hydrogen (secondary N) is 2. The first-order chi connectivity index (χ1) is 23.6. The molecular formula is C34H35F6N7O3. The van der Waals surface area contributed by atoms with Crippen molar-refractivity contribution in [3.63, 3.8) is 0 Å². The van der Waals surface area contributed by atoms with Gasteiger partial charge in [-0.3, -0.25) is 9.69 Å². The molecule has 1 unspecified atom stereocenters. The van der Waals surface area contributed by atoms with Gasteiger partial charge in [0, 0.05) is 71.8 Å². The number of hydrogen-bond acceptors (Lipinski definition) is 6. The molecule has 266 valence electrons. The molecule has 1 saturated heterocycles. The Balaban J connectivity index is 1.23. The molecule has 2 N–H and O–H groups in total. The Hall–Kier alpha value is -4.83. The highest BCUT2D eigenvalue weighted by Gasteiger charge is 2.46. The number of aromatic amines is 1. The van der Waals surface area contributed by atoms with E-state index in [0.29, 0.717) is 29.9 Å². The van der Waals surface area contributed by atoms with E-state index >= 15 is 0 Å². The summed E-state index contributed by atoms with van der Waals surface area (Å²) in [6.45, 7) is 1.75. The van der Waals surface area contributed by atoms with Crippen molar-refractivity contribution in [1.82, 2.24) is 29.6 Å².